The second kappa shape index (κ2) is 7.58. The summed E-state index contributed by atoms with van der Waals surface area (Å²) in [6.07, 6.45) is 2.36. The highest BCUT2D eigenvalue weighted by Gasteiger charge is 2.21. The van der Waals surface area contributed by atoms with Crippen molar-refractivity contribution in [2.24, 2.45) is 11.7 Å². The van der Waals surface area contributed by atoms with Crippen LogP contribution >= 0.6 is 0 Å². The zero-order valence-corrected chi connectivity index (χ0v) is 15.8. The molecule has 0 radical (unpaired) electrons. The van der Waals surface area contributed by atoms with Gasteiger partial charge in [-0.1, -0.05) is 0 Å². The summed E-state index contributed by atoms with van der Waals surface area (Å²) in [7, 11) is 1.70. The quantitative estimate of drug-likeness (QED) is 0.901. The van der Waals surface area contributed by atoms with E-state index < -0.39 is 0 Å². The molecule has 25 heavy (non-hydrogen) atoms. The van der Waals surface area contributed by atoms with Gasteiger partial charge in [0, 0.05) is 12.1 Å². The van der Waals surface area contributed by atoms with Gasteiger partial charge in [0.15, 0.2) is 0 Å². The van der Waals surface area contributed by atoms with E-state index in [1.807, 2.05) is 19.9 Å². The van der Waals surface area contributed by atoms with Gasteiger partial charge in [-0.05, 0) is 82.4 Å². The molecule has 3 rings (SSSR count). The van der Waals surface area contributed by atoms with Crippen molar-refractivity contribution in [3.05, 3.63) is 34.7 Å². The summed E-state index contributed by atoms with van der Waals surface area (Å²) >= 11 is 0. The SMILES string of the molecule is COc1cc(C)c(-c2nc(CN3CCC(CN)CC3)c(C)o2)cc1C. The average molecular weight is 343 g/mol. The summed E-state index contributed by atoms with van der Waals surface area (Å²) in [6, 6.07) is 4.14. The van der Waals surface area contributed by atoms with E-state index in [2.05, 4.69) is 17.9 Å². The number of piperidine rings is 1. The largest absolute Gasteiger partial charge is 0.496 e. The summed E-state index contributed by atoms with van der Waals surface area (Å²) in [4.78, 5) is 7.25. The maximum atomic E-state index is 6.00. The number of benzene rings is 1. The van der Waals surface area contributed by atoms with Crippen molar-refractivity contribution in [2.75, 3.05) is 26.7 Å². The van der Waals surface area contributed by atoms with Gasteiger partial charge in [0.25, 0.3) is 0 Å². The van der Waals surface area contributed by atoms with E-state index in [1.54, 1.807) is 7.11 Å². The number of hydrogen-bond donors (Lipinski definition) is 1. The molecule has 2 heterocycles. The van der Waals surface area contributed by atoms with Crippen molar-refractivity contribution in [2.45, 2.75) is 40.2 Å². The fraction of sp³-hybridized carbons (Fsp3) is 0.550. The Kier molecular flexibility index (Phi) is 5.45. The molecule has 0 amide bonds. The Balaban J connectivity index is 1.78. The first-order chi connectivity index (χ1) is 12.0. The number of aromatic nitrogens is 1. The Hall–Kier alpha value is -1.85. The van der Waals surface area contributed by atoms with Gasteiger partial charge < -0.3 is 14.9 Å². The third kappa shape index (κ3) is 3.88. The standard InChI is InChI=1S/C20H29N3O2/c1-13-10-19(24-4)14(2)9-17(13)20-22-18(15(3)25-20)12-23-7-5-16(11-21)6-8-23/h9-10,16H,5-8,11-12,21H2,1-4H3. The molecule has 5 nitrogen and oxygen atoms in total. The Labute approximate surface area is 150 Å². The predicted octanol–water partition coefficient (Wildman–Crippen LogP) is 3.45. The first kappa shape index (κ1) is 18.0. The van der Waals surface area contributed by atoms with Crippen LogP contribution in [0.2, 0.25) is 0 Å². The topological polar surface area (TPSA) is 64.5 Å². The molecular formula is C20H29N3O2. The van der Waals surface area contributed by atoms with E-state index >= 15 is 0 Å². The van der Waals surface area contributed by atoms with E-state index in [-0.39, 0.29) is 0 Å². The summed E-state index contributed by atoms with van der Waals surface area (Å²) in [5.74, 6) is 3.18. The molecule has 0 saturated carbocycles. The third-order valence-electron chi connectivity index (χ3n) is 5.28. The molecule has 0 aliphatic carbocycles. The van der Waals surface area contributed by atoms with Crippen molar-refractivity contribution < 1.29 is 9.15 Å². The number of nitrogens with two attached hydrogens (primary N) is 1. The smallest absolute Gasteiger partial charge is 0.226 e. The lowest BCUT2D eigenvalue weighted by molar-refractivity contribution is 0.178. The highest BCUT2D eigenvalue weighted by Crippen LogP contribution is 2.31. The third-order valence-corrected chi connectivity index (χ3v) is 5.28. The van der Waals surface area contributed by atoms with Crippen LogP contribution in [0, 0.1) is 26.7 Å². The Morgan fingerprint density at radius 2 is 1.92 bits per heavy atom. The van der Waals surface area contributed by atoms with E-state index in [0.29, 0.717) is 11.8 Å². The molecule has 0 atom stereocenters. The maximum absolute atomic E-state index is 6.00. The molecule has 5 heteroatoms. The van der Waals surface area contributed by atoms with Crippen molar-refractivity contribution in [3.63, 3.8) is 0 Å². The highest BCUT2D eigenvalue weighted by atomic mass is 16.5. The van der Waals surface area contributed by atoms with Crippen LogP contribution in [0.25, 0.3) is 11.5 Å². The molecule has 1 aliphatic heterocycles. The van der Waals surface area contributed by atoms with Crippen LogP contribution in [0.4, 0.5) is 0 Å². The molecule has 0 spiro atoms. The van der Waals surface area contributed by atoms with Gasteiger partial charge in [0.2, 0.25) is 5.89 Å². The molecular weight excluding hydrogens is 314 g/mol. The molecule has 2 aromatic rings. The maximum Gasteiger partial charge on any atom is 0.226 e. The van der Waals surface area contributed by atoms with Crippen LogP contribution in [0.15, 0.2) is 16.5 Å². The lowest BCUT2D eigenvalue weighted by Gasteiger charge is -2.30. The first-order valence-corrected chi connectivity index (χ1v) is 9.06. The molecule has 1 aromatic heterocycles. The molecule has 0 unspecified atom stereocenters. The van der Waals surface area contributed by atoms with Crippen molar-refractivity contribution in [1.29, 1.82) is 0 Å². The van der Waals surface area contributed by atoms with Crippen LogP contribution in [0.1, 0.15) is 35.4 Å². The molecule has 1 aliphatic rings. The Morgan fingerprint density at radius 1 is 1.20 bits per heavy atom. The van der Waals surface area contributed by atoms with Crippen molar-refractivity contribution in [3.8, 4) is 17.2 Å². The van der Waals surface area contributed by atoms with Crippen molar-refractivity contribution >= 4 is 0 Å². The number of rotatable bonds is 5. The van der Waals surface area contributed by atoms with Crippen LogP contribution in [-0.4, -0.2) is 36.6 Å². The number of methoxy groups -OCH3 is 1. The predicted molar refractivity (Wildman–Crippen MR) is 99.8 cm³/mol. The lowest BCUT2D eigenvalue weighted by atomic mass is 9.97. The van der Waals surface area contributed by atoms with Crippen LogP contribution in [0.5, 0.6) is 5.75 Å². The number of nitrogens with zero attached hydrogens (tertiary/aromatic N) is 2. The number of ether oxygens (including phenoxy) is 1. The second-order valence-corrected chi connectivity index (χ2v) is 7.11. The monoisotopic (exact) mass is 343 g/mol. The molecule has 1 aromatic carbocycles. The molecule has 0 bridgehead atoms. The number of oxazole rings is 1. The number of hydrogen-bond acceptors (Lipinski definition) is 5. The van der Waals surface area contributed by atoms with Gasteiger partial charge in [-0.2, -0.15) is 0 Å². The zero-order valence-electron chi connectivity index (χ0n) is 15.8. The van der Waals surface area contributed by atoms with Gasteiger partial charge in [0.05, 0.1) is 12.8 Å². The van der Waals surface area contributed by atoms with Gasteiger partial charge in [-0.15, -0.1) is 0 Å². The molecule has 1 saturated heterocycles. The fourth-order valence-corrected chi connectivity index (χ4v) is 3.52. The minimum atomic E-state index is 0.676. The minimum Gasteiger partial charge on any atom is -0.496 e. The summed E-state index contributed by atoms with van der Waals surface area (Å²) < 4.78 is 11.4. The first-order valence-electron chi connectivity index (χ1n) is 9.06. The molecule has 136 valence electrons. The fourth-order valence-electron chi connectivity index (χ4n) is 3.52. The summed E-state index contributed by atoms with van der Waals surface area (Å²) in [5.41, 5.74) is 10.1. The molecule has 2 N–H and O–H groups in total. The van der Waals surface area contributed by atoms with E-state index in [9.17, 15) is 0 Å². The van der Waals surface area contributed by atoms with Crippen LogP contribution in [0.3, 0.4) is 0 Å². The van der Waals surface area contributed by atoms with Gasteiger partial charge in [0.1, 0.15) is 11.5 Å². The van der Waals surface area contributed by atoms with Crippen LogP contribution < -0.4 is 10.5 Å². The lowest BCUT2D eigenvalue weighted by Crippen LogP contribution is -2.35. The van der Waals surface area contributed by atoms with Crippen molar-refractivity contribution in [1.82, 2.24) is 9.88 Å². The normalized spacial score (nSPS) is 16.4. The van der Waals surface area contributed by atoms with Crippen LogP contribution in [-0.2, 0) is 6.54 Å². The van der Waals surface area contributed by atoms with Gasteiger partial charge >= 0.3 is 0 Å². The molecule has 1 fully saturated rings. The van der Waals surface area contributed by atoms with E-state index in [0.717, 1.165) is 60.1 Å². The number of likely N-dealkylation sites (tertiary alicyclic amines) is 1. The van der Waals surface area contributed by atoms with Gasteiger partial charge in [-0.3, -0.25) is 4.90 Å². The summed E-state index contributed by atoms with van der Waals surface area (Å²) in [5, 5.41) is 0. The number of aryl methyl sites for hydroxylation is 3. The average Bonchev–Trinajstić information content (AvgIpc) is 2.97. The van der Waals surface area contributed by atoms with E-state index in [1.165, 1.54) is 12.8 Å². The second-order valence-electron chi connectivity index (χ2n) is 7.11. The van der Waals surface area contributed by atoms with E-state index in [4.69, 9.17) is 19.9 Å². The zero-order chi connectivity index (χ0) is 18.0. The highest BCUT2D eigenvalue weighted by molar-refractivity contribution is 5.62. The summed E-state index contributed by atoms with van der Waals surface area (Å²) in [6.45, 7) is 9.94. The minimum absolute atomic E-state index is 0.676. The van der Waals surface area contributed by atoms with Gasteiger partial charge in [-0.25, -0.2) is 4.98 Å². The Bertz CT molecular complexity index is 731. The Morgan fingerprint density at radius 3 is 2.56 bits per heavy atom.